The standard InChI is InChI=1S/C15H17BrN2O/c16-15(12-5-4-8-19-11-12)13-9-17-18(10-13)14-6-2-1-3-7-14/h1-3,6-7,9-10,12,15H,4-5,8,11H2. The first-order valence-corrected chi connectivity index (χ1v) is 7.58. The van der Waals surface area contributed by atoms with Gasteiger partial charge in [0.1, 0.15) is 0 Å². The van der Waals surface area contributed by atoms with Crippen molar-refractivity contribution in [2.45, 2.75) is 17.7 Å². The third kappa shape index (κ3) is 2.90. The van der Waals surface area contributed by atoms with Crippen molar-refractivity contribution in [2.24, 2.45) is 5.92 Å². The molecule has 2 aromatic rings. The third-order valence-corrected chi connectivity index (χ3v) is 4.83. The van der Waals surface area contributed by atoms with Gasteiger partial charge in [-0.3, -0.25) is 0 Å². The van der Waals surface area contributed by atoms with E-state index in [1.807, 2.05) is 29.1 Å². The van der Waals surface area contributed by atoms with Gasteiger partial charge in [-0.25, -0.2) is 4.68 Å². The van der Waals surface area contributed by atoms with E-state index in [0.717, 1.165) is 25.3 Å². The number of ether oxygens (including phenoxy) is 1. The SMILES string of the molecule is BrC(c1cnn(-c2ccccc2)c1)C1CCCOC1. The zero-order chi connectivity index (χ0) is 13.1. The number of aromatic nitrogens is 2. The summed E-state index contributed by atoms with van der Waals surface area (Å²) in [7, 11) is 0. The Labute approximate surface area is 121 Å². The second kappa shape index (κ2) is 5.88. The van der Waals surface area contributed by atoms with Gasteiger partial charge in [0.25, 0.3) is 0 Å². The Morgan fingerprint density at radius 3 is 2.89 bits per heavy atom. The molecule has 2 heterocycles. The third-order valence-electron chi connectivity index (χ3n) is 3.55. The zero-order valence-electron chi connectivity index (χ0n) is 10.7. The van der Waals surface area contributed by atoms with Crippen LogP contribution in [0.25, 0.3) is 5.69 Å². The average Bonchev–Trinajstić information content (AvgIpc) is 2.98. The van der Waals surface area contributed by atoms with Crippen molar-refractivity contribution in [3.05, 3.63) is 48.3 Å². The number of rotatable bonds is 3. The van der Waals surface area contributed by atoms with Gasteiger partial charge in [0, 0.05) is 23.2 Å². The summed E-state index contributed by atoms with van der Waals surface area (Å²) >= 11 is 3.80. The molecule has 2 unspecified atom stereocenters. The van der Waals surface area contributed by atoms with Gasteiger partial charge in [-0.15, -0.1) is 0 Å². The minimum atomic E-state index is 0.324. The Hall–Kier alpha value is -1.13. The molecule has 0 radical (unpaired) electrons. The number of para-hydroxylation sites is 1. The maximum atomic E-state index is 5.56. The molecule has 1 saturated heterocycles. The Bertz CT molecular complexity index is 520. The summed E-state index contributed by atoms with van der Waals surface area (Å²) in [5, 5.41) is 4.45. The summed E-state index contributed by atoms with van der Waals surface area (Å²) in [5.41, 5.74) is 2.31. The van der Waals surface area contributed by atoms with E-state index in [0.29, 0.717) is 10.7 Å². The second-order valence-electron chi connectivity index (χ2n) is 4.93. The molecular formula is C15H17BrN2O. The molecule has 0 spiro atoms. The van der Waals surface area contributed by atoms with Crippen LogP contribution in [0.4, 0.5) is 0 Å². The van der Waals surface area contributed by atoms with Crippen molar-refractivity contribution in [2.75, 3.05) is 13.2 Å². The van der Waals surface area contributed by atoms with E-state index >= 15 is 0 Å². The molecular weight excluding hydrogens is 304 g/mol. The van der Waals surface area contributed by atoms with E-state index < -0.39 is 0 Å². The van der Waals surface area contributed by atoms with E-state index in [1.54, 1.807) is 0 Å². The minimum absolute atomic E-state index is 0.324. The lowest BCUT2D eigenvalue weighted by Crippen LogP contribution is -2.20. The highest BCUT2D eigenvalue weighted by atomic mass is 79.9. The molecule has 1 aliphatic rings. The van der Waals surface area contributed by atoms with Gasteiger partial charge >= 0.3 is 0 Å². The molecule has 2 atom stereocenters. The van der Waals surface area contributed by atoms with Gasteiger partial charge in [-0.05, 0) is 30.9 Å². The lowest BCUT2D eigenvalue weighted by Gasteiger charge is -2.25. The minimum Gasteiger partial charge on any atom is -0.381 e. The van der Waals surface area contributed by atoms with E-state index in [9.17, 15) is 0 Å². The topological polar surface area (TPSA) is 27.1 Å². The van der Waals surface area contributed by atoms with Crippen LogP contribution in [0.3, 0.4) is 0 Å². The van der Waals surface area contributed by atoms with E-state index in [1.165, 1.54) is 12.0 Å². The van der Waals surface area contributed by atoms with Gasteiger partial charge in [0.2, 0.25) is 0 Å². The first-order chi connectivity index (χ1) is 9.34. The van der Waals surface area contributed by atoms with Crippen LogP contribution in [0.5, 0.6) is 0 Å². The Kier molecular flexibility index (Phi) is 3.99. The van der Waals surface area contributed by atoms with Gasteiger partial charge in [0.05, 0.1) is 18.5 Å². The van der Waals surface area contributed by atoms with Crippen LogP contribution in [0.15, 0.2) is 42.7 Å². The normalized spacial score (nSPS) is 21.2. The first-order valence-electron chi connectivity index (χ1n) is 6.66. The number of alkyl halides is 1. The highest BCUT2D eigenvalue weighted by Gasteiger charge is 2.24. The summed E-state index contributed by atoms with van der Waals surface area (Å²) in [4.78, 5) is 0.324. The van der Waals surface area contributed by atoms with E-state index in [-0.39, 0.29) is 0 Å². The Balaban J connectivity index is 1.77. The van der Waals surface area contributed by atoms with Crippen molar-refractivity contribution >= 4 is 15.9 Å². The molecule has 0 amide bonds. The summed E-state index contributed by atoms with van der Waals surface area (Å²) in [6, 6.07) is 10.2. The van der Waals surface area contributed by atoms with E-state index in [2.05, 4.69) is 39.4 Å². The highest BCUT2D eigenvalue weighted by molar-refractivity contribution is 9.09. The predicted molar refractivity (Wildman–Crippen MR) is 78.8 cm³/mol. The van der Waals surface area contributed by atoms with Gasteiger partial charge in [-0.2, -0.15) is 5.10 Å². The fourth-order valence-electron chi connectivity index (χ4n) is 2.47. The quantitative estimate of drug-likeness (QED) is 0.806. The summed E-state index contributed by atoms with van der Waals surface area (Å²) < 4.78 is 7.48. The number of benzene rings is 1. The maximum Gasteiger partial charge on any atom is 0.0645 e. The molecule has 1 fully saturated rings. The van der Waals surface area contributed by atoms with Crippen LogP contribution in [-0.4, -0.2) is 23.0 Å². The molecule has 1 aromatic heterocycles. The number of hydrogen-bond donors (Lipinski definition) is 0. The van der Waals surface area contributed by atoms with Crippen molar-refractivity contribution in [1.82, 2.24) is 9.78 Å². The van der Waals surface area contributed by atoms with Crippen LogP contribution >= 0.6 is 15.9 Å². The molecule has 0 N–H and O–H groups in total. The van der Waals surface area contributed by atoms with Crippen LogP contribution in [0, 0.1) is 5.92 Å². The van der Waals surface area contributed by atoms with E-state index in [4.69, 9.17) is 4.74 Å². The molecule has 100 valence electrons. The van der Waals surface area contributed by atoms with Gasteiger partial charge in [0.15, 0.2) is 0 Å². The summed E-state index contributed by atoms with van der Waals surface area (Å²) in [5.74, 6) is 0.544. The van der Waals surface area contributed by atoms with Crippen LogP contribution in [0.2, 0.25) is 0 Å². The molecule has 19 heavy (non-hydrogen) atoms. The smallest absolute Gasteiger partial charge is 0.0645 e. The van der Waals surface area contributed by atoms with Crippen molar-refractivity contribution in [1.29, 1.82) is 0 Å². The number of hydrogen-bond acceptors (Lipinski definition) is 2. The monoisotopic (exact) mass is 320 g/mol. The lowest BCUT2D eigenvalue weighted by molar-refractivity contribution is 0.0546. The molecule has 0 saturated carbocycles. The molecule has 4 heteroatoms. The molecule has 1 aromatic carbocycles. The molecule has 3 rings (SSSR count). The van der Waals surface area contributed by atoms with Crippen LogP contribution in [-0.2, 0) is 4.74 Å². The average molecular weight is 321 g/mol. The maximum absolute atomic E-state index is 5.56. The predicted octanol–water partition coefficient (Wildman–Crippen LogP) is 3.73. The fourth-order valence-corrected chi connectivity index (χ4v) is 3.12. The molecule has 0 bridgehead atoms. The first kappa shape index (κ1) is 12.9. The molecule has 0 aliphatic carbocycles. The van der Waals surface area contributed by atoms with Crippen molar-refractivity contribution < 1.29 is 4.74 Å². The van der Waals surface area contributed by atoms with Crippen LogP contribution < -0.4 is 0 Å². The Morgan fingerprint density at radius 2 is 2.16 bits per heavy atom. The second-order valence-corrected chi connectivity index (χ2v) is 5.92. The van der Waals surface area contributed by atoms with Crippen molar-refractivity contribution in [3.8, 4) is 5.69 Å². The fraction of sp³-hybridized carbons (Fsp3) is 0.400. The summed E-state index contributed by atoms with van der Waals surface area (Å²) in [6.45, 7) is 1.74. The zero-order valence-corrected chi connectivity index (χ0v) is 12.3. The van der Waals surface area contributed by atoms with Crippen molar-refractivity contribution in [3.63, 3.8) is 0 Å². The Morgan fingerprint density at radius 1 is 1.32 bits per heavy atom. The number of nitrogens with zero attached hydrogens (tertiary/aromatic N) is 2. The highest BCUT2D eigenvalue weighted by Crippen LogP contribution is 2.35. The molecule has 3 nitrogen and oxygen atoms in total. The lowest BCUT2D eigenvalue weighted by atomic mass is 9.95. The molecule has 1 aliphatic heterocycles. The van der Waals surface area contributed by atoms with Crippen LogP contribution in [0.1, 0.15) is 23.2 Å². The van der Waals surface area contributed by atoms with Gasteiger partial charge < -0.3 is 4.74 Å². The van der Waals surface area contributed by atoms with Gasteiger partial charge in [-0.1, -0.05) is 34.1 Å². The number of halogens is 1. The summed E-state index contributed by atoms with van der Waals surface area (Å²) in [6.07, 6.45) is 6.41. The largest absolute Gasteiger partial charge is 0.381 e.